The van der Waals surface area contributed by atoms with Crippen molar-refractivity contribution in [2.75, 3.05) is 7.11 Å². The maximum absolute atomic E-state index is 14.5. The van der Waals surface area contributed by atoms with Gasteiger partial charge in [0.15, 0.2) is 23.3 Å². The van der Waals surface area contributed by atoms with E-state index in [1.165, 1.54) is 124 Å². The first-order chi connectivity index (χ1) is 57.1. The lowest BCUT2D eigenvalue weighted by Gasteiger charge is -2.30. The Morgan fingerprint density at radius 1 is 0.380 bits per heavy atom. The first-order valence-corrected chi connectivity index (χ1v) is 48.2. The van der Waals surface area contributed by atoms with Crippen molar-refractivity contribution in [2.45, 2.75) is 157 Å². The van der Waals surface area contributed by atoms with Crippen LogP contribution in [0, 0.1) is 58.2 Å². The summed E-state index contributed by atoms with van der Waals surface area (Å²) in [6, 6.07) is 43.7. The van der Waals surface area contributed by atoms with Crippen molar-refractivity contribution in [3.8, 4) is 0 Å². The minimum absolute atomic E-state index is 0.0151. The molecule has 6 aromatic heterocycles. The summed E-state index contributed by atoms with van der Waals surface area (Å²) in [5.74, 6) is -7.32. The number of carboxylic acids is 1. The number of aliphatic hydroxyl groups is 1. The van der Waals surface area contributed by atoms with Crippen LogP contribution in [0.15, 0.2) is 180 Å². The van der Waals surface area contributed by atoms with Gasteiger partial charge in [-0.15, -0.1) is 68.0 Å². The van der Waals surface area contributed by atoms with Gasteiger partial charge in [-0.1, -0.05) is 48.5 Å². The molecule has 121 heavy (non-hydrogen) atoms. The number of halogens is 11. The van der Waals surface area contributed by atoms with Gasteiger partial charge in [0.25, 0.3) is 0 Å². The van der Waals surface area contributed by atoms with Crippen LogP contribution in [0.1, 0.15) is 144 Å². The highest BCUT2D eigenvalue weighted by atomic mass is 79.9. The predicted molar refractivity (Wildman–Crippen MR) is 472 cm³/mol. The van der Waals surface area contributed by atoms with Crippen LogP contribution in [0.3, 0.4) is 0 Å². The van der Waals surface area contributed by atoms with Gasteiger partial charge in [0.05, 0.1) is 62.2 Å². The van der Waals surface area contributed by atoms with E-state index in [2.05, 4.69) is 20.7 Å². The second kappa shape index (κ2) is 43.5. The molecule has 0 fully saturated rings. The van der Waals surface area contributed by atoms with Gasteiger partial charge in [-0.3, -0.25) is 13.7 Å². The van der Waals surface area contributed by atoms with Gasteiger partial charge < -0.3 is 42.1 Å². The van der Waals surface area contributed by atoms with Crippen LogP contribution in [0.2, 0.25) is 0 Å². The molecule has 14 nitrogen and oxygen atoms in total. The topological polar surface area (TPSA) is 190 Å². The molecule has 2 N–H and O–H groups in total. The number of benzene rings is 8. The van der Waals surface area contributed by atoms with Crippen molar-refractivity contribution < 1.29 is 109 Å². The lowest BCUT2D eigenvalue weighted by atomic mass is 10.1. The van der Waals surface area contributed by atoms with E-state index in [0.717, 1.165) is 59.5 Å². The number of aromatic carboxylic acids is 1. The monoisotopic (exact) mass is 1910 g/mol. The van der Waals surface area contributed by atoms with E-state index in [1.54, 1.807) is 134 Å². The van der Waals surface area contributed by atoms with Gasteiger partial charge in [-0.2, -0.15) is 0 Å². The Balaban J connectivity index is 0.000000171. The number of hydrogen-bond acceptors (Lipinski definition) is 19. The average Bonchev–Trinajstić information content (AvgIpc) is 1.62. The van der Waals surface area contributed by atoms with E-state index in [1.807, 2.05) is 39.8 Å². The third kappa shape index (κ3) is 26.2. The number of fused-ring (bicyclic) bond motifs is 6. The van der Waals surface area contributed by atoms with E-state index in [0.29, 0.717) is 76.6 Å². The molecule has 8 aromatic carbocycles. The van der Waals surface area contributed by atoms with Gasteiger partial charge in [-0.05, 0) is 250 Å². The normalized spacial score (nSPS) is 12.4. The lowest BCUT2D eigenvalue weighted by molar-refractivity contribution is 0.0605. The van der Waals surface area contributed by atoms with Crippen LogP contribution in [0.4, 0.5) is 43.9 Å². The Kier molecular flexibility index (Phi) is 35.0. The summed E-state index contributed by atoms with van der Waals surface area (Å²) in [6.07, 6.45) is -1.70. The lowest BCUT2D eigenvalue weighted by Crippen LogP contribution is -2.15. The van der Waals surface area contributed by atoms with Crippen LogP contribution < -0.4 is 0 Å². The zero-order valence-corrected chi connectivity index (χ0v) is 76.6. The van der Waals surface area contributed by atoms with E-state index in [4.69, 9.17) is 37.4 Å². The highest BCUT2D eigenvalue weighted by Crippen LogP contribution is 2.67. The van der Waals surface area contributed by atoms with Crippen LogP contribution in [0.25, 0.3) is 60.5 Å². The van der Waals surface area contributed by atoms with Crippen LogP contribution >= 0.6 is 107 Å². The third-order valence-electron chi connectivity index (χ3n) is 16.8. The second-order valence-corrected chi connectivity index (χ2v) is 42.3. The number of esters is 1. The molecule has 646 valence electrons. The summed E-state index contributed by atoms with van der Waals surface area (Å²) in [5.41, 5.74) is -0.789. The molecule has 0 bridgehead atoms. The highest BCUT2D eigenvalue weighted by molar-refractivity contribution is 9.10. The molecule has 2 unspecified atom stereocenters. The minimum Gasteiger partial charge on any atom is -0.477 e. The number of hydrogen-bond donors (Lipinski definition) is 2. The molecule has 0 aliphatic rings. The molecule has 14 rings (SSSR count). The SMILES string of the molecule is CC(C)OP(=O)(Cc1cc2c(F)cccc2s1)OC(C)C.CC(C)OP(=O)(OC(C)C)C(Cc1ccc(F)c(F)c1)c1cc2c(F)cccc2s1.CC(C)OP(=O)(OC(C)C)C(Cc1ccc(F)c(F)c1)c1sc2cccc(F)c2c1Br.COC(=O)c1cc2c(F)cccc2s1.O=C(O)c1cc2c(F)cccc2s1.OCc1cc2c(F)cccc2s1. The summed E-state index contributed by atoms with van der Waals surface area (Å²) in [6.45, 7) is 21.2. The van der Waals surface area contributed by atoms with Crippen molar-refractivity contribution in [2.24, 2.45) is 0 Å². The fraction of sp³-hybridized carbons (Fsp3) is 0.287. The number of aliphatic hydroxyl groups excluding tert-OH is 1. The Hall–Kier alpha value is -7.35. The predicted octanol–water partition coefficient (Wildman–Crippen LogP) is 29.7. The molecule has 0 radical (unpaired) electrons. The number of carboxylic acid groups (broad SMARTS) is 1. The molecule has 34 heteroatoms. The maximum Gasteiger partial charge on any atom is 0.348 e. The fourth-order valence-electron chi connectivity index (χ4n) is 12.1. The molecule has 0 aliphatic heterocycles. The van der Waals surface area contributed by atoms with Gasteiger partial charge in [0, 0.05) is 84.5 Å². The van der Waals surface area contributed by atoms with Crippen molar-refractivity contribution in [1.82, 2.24) is 0 Å². The summed E-state index contributed by atoms with van der Waals surface area (Å²) >= 11 is 11.2. The van der Waals surface area contributed by atoms with Crippen LogP contribution in [-0.2, 0) is 71.2 Å². The van der Waals surface area contributed by atoms with Crippen molar-refractivity contribution in [3.63, 3.8) is 0 Å². The van der Waals surface area contributed by atoms with Crippen LogP contribution in [-0.4, -0.2) is 65.9 Å². The van der Waals surface area contributed by atoms with Crippen molar-refractivity contribution in [3.05, 3.63) is 279 Å². The molecule has 2 atom stereocenters. The minimum atomic E-state index is -3.81. The fourth-order valence-corrected chi connectivity index (χ4v) is 27.7. The first kappa shape index (κ1) is 97.5. The molecule has 0 amide bonds. The standard InChI is InChI=1S/C22H23BrF3O3PS.C22H24F3O3PS.C15H20FO3PS.C10H7FO2S.C9H5FO2S.C9H7FOS/c1-12(2)28-30(27,29-13(3)4)18(11-14-8-9-15(24)17(26)10-14)22-21(23)20-16(25)6-5-7-19(20)31-22;1-13(2)27-29(26,28-14(3)4)20(11-15-8-9-18(24)19(25)10-15)22-12-16-17(23)6-5-7-21(16)30-22;1-10(2)18-20(17,19-11(3)4)9-12-8-13-14(16)6-5-7-15(13)21-12;1-13-10(12)9-5-6-7(11)3-2-4-8(6)14-9;10-6-2-1-3-7-5(6)4-8(13-7)9(11)12;10-8-2-1-3-9-7(8)4-6(5-11)12-9/h5-10,12-13,18H,11H2,1-4H3;5-10,12-14,20H,11H2,1-4H3;5-8,10-11H,9H2,1-4H3;2-5H,1H3;1-4H,(H,11,12);1-4,11H,5H2. The summed E-state index contributed by atoms with van der Waals surface area (Å²) in [4.78, 5) is 25.1. The zero-order chi connectivity index (χ0) is 88.7. The highest BCUT2D eigenvalue weighted by Gasteiger charge is 2.43. The molecular formula is C87H86BrF10O14P3S6. The first-order valence-electron chi connectivity index (χ1n) is 37.5. The number of methoxy groups -OCH3 is 1. The number of carbonyl (C=O) groups is 2. The number of ether oxygens (including phenoxy) is 1. The molecular weight excluding hydrogens is 1820 g/mol. The van der Waals surface area contributed by atoms with Gasteiger partial charge in [0.2, 0.25) is 0 Å². The van der Waals surface area contributed by atoms with E-state index < -0.39 is 99.5 Å². The van der Waals surface area contributed by atoms with Gasteiger partial charge >= 0.3 is 34.7 Å². The second-order valence-electron chi connectivity index (χ2n) is 28.6. The molecule has 6 heterocycles. The largest absolute Gasteiger partial charge is 0.477 e. The Morgan fingerprint density at radius 2 is 0.727 bits per heavy atom. The van der Waals surface area contributed by atoms with Gasteiger partial charge in [0.1, 0.15) is 50.3 Å². The van der Waals surface area contributed by atoms with Crippen molar-refractivity contribution >= 4 is 179 Å². The Labute approximate surface area is 725 Å². The zero-order valence-electron chi connectivity index (χ0n) is 67.4. The quantitative estimate of drug-likeness (QED) is 0.0312. The maximum atomic E-state index is 14.5. The van der Waals surface area contributed by atoms with Crippen molar-refractivity contribution in [1.29, 1.82) is 0 Å². The van der Waals surface area contributed by atoms with E-state index in [9.17, 15) is 67.2 Å². The number of rotatable bonds is 25. The third-order valence-corrected chi connectivity index (χ3v) is 32.8. The molecule has 14 aromatic rings. The number of thiophene rings is 6. The Morgan fingerprint density at radius 3 is 1.10 bits per heavy atom. The smallest absolute Gasteiger partial charge is 0.348 e. The van der Waals surface area contributed by atoms with E-state index in [-0.39, 0.29) is 71.8 Å². The summed E-state index contributed by atoms with van der Waals surface area (Å²) in [7, 11) is -9.49. The molecule has 0 aliphatic carbocycles. The van der Waals surface area contributed by atoms with Crippen LogP contribution in [0.5, 0.6) is 0 Å². The molecule has 0 saturated heterocycles. The average molecular weight is 1910 g/mol. The Bertz CT molecular complexity index is 6040. The molecule has 0 saturated carbocycles. The molecule has 0 spiro atoms. The van der Waals surface area contributed by atoms with Gasteiger partial charge in [-0.25, -0.2) is 53.5 Å². The van der Waals surface area contributed by atoms with E-state index >= 15 is 0 Å². The number of carbonyl (C=O) groups excluding carboxylic acids is 1. The summed E-state index contributed by atoms with van der Waals surface area (Å²) < 4.78 is 221. The summed E-state index contributed by atoms with van der Waals surface area (Å²) in [5, 5.41) is 20.3.